The second kappa shape index (κ2) is 6.36. The summed E-state index contributed by atoms with van der Waals surface area (Å²) in [6, 6.07) is 6.13. The number of amides is 2. The minimum atomic E-state index is -0.930. The third-order valence-corrected chi connectivity index (χ3v) is 3.00. The third kappa shape index (κ3) is 4.03. The Morgan fingerprint density at radius 2 is 2.00 bits per heavy atom. The van der Waals surface area contributed by atoms with E-state index < -0.39 is 18.2 Å². The lowest BCUT2D eigenvalue weighted by molar-refractivity contribution is 0.139. The van der Waals surface area contributed by atoms with Crippen LogP contribution in [0.15, 0.2) is 36.5 Å². The Balaban J connectivity index is 1.92. The number of halogens is 1. The van der Waals surface area contributed by atoms with E-state index in [-0.39, 0.29) is 5.82 Å². The van der Waals surface area contributed by atoms with E-state index in [2.05, 4.69) is 15.7 Å². The van der Waals surface area contributed by atoms with E-state index in [4.69, 9.17) is 0 Å². The molecule has 1 aromatic heterocycles. The Bertz CT molecular complexity index is 612. The van der Waals surface area contributed by atoms with Gasteiger partial charge in [-0.15, -0.1) is 0 Å². The van der Waals surface area contributed by atoms with Crippen LogP contribution in [0.3, 0.4) is 0 Å². The van der Waals surface area contributed by atoms with Crippen LogP contribution < -0.4 is 10.6 Å². The second-order valence-electron chi connectivity index (χ2n) is 4.76. The van der Waals surface area contributed by atoms with Gasteiger partial charge >= 0.3 is 6.03 Å². The van der Waals surface area contributed by atoms with Crippen LogP contribution in [0.25, 0.3) is 0 Å². The fraction of sp³-hybridized carbons (Fsp3) is 0.286. The zero-order valence-electron chi connectivity index (χ0n) is 11.7. The molecule has 2 rings (SSSR count). The number of hydrogen-bond acceptors (Lipinski definition) is 3. The van der Waals surface area contributed by atoms with E-state index in [0.717, 1.165) is 0 Å². The highest BCUT2D eigenvalue weighted by molar-refractivity contribution is 5.88. The van der Waals surface area contributed by atoms with Crippen molar-refractivity contribution in [2.24, 2.45) is 7.05 Å². The van der Waals surface area contributed by atoms with Crippen molar-refractivity contribution >= 4 is 11.8 Å². The number of nitrogens with one attached hydrogen (secondary N) is 2. The number of urea groups is 1. The van der Waals surface area contributed by atoms with Crippen molar-refractivity contribution in [3.05, 3.63) is 47.9 Å². The molecule has 2 amide bonds. The number of aliphatic hydroxyl groups excluding tert-OH is 1. The molecule has 0 radical (unpaired) electrons. The molecule has 0 bridgehead atoms. The molecule has 112 valence electrons. The topological polar surface area (TPSA) is 79.2 Å². The number of aliphatic hydroxyl groups is 1. The summed E-state index contributed by atoms with van der Waals surface area (Å²) in [7, 11) is 1.74. The molecule has 0 aliphatic carbocycles. The normalized spacial score (nSPS) is 13.5. The highest BCUT2D eigenvalue weighted by atomic mass is 19.1. The lowest BCUT2D eigenvalue weighted by Gasteiger charge is -2.20. The molecule has 2 unspecified atom stereocenters. The average Bonchev–Trinajstić information content (AvgIpc) is 2.83. The first-order valence-electron chi connectivity index (χ1n) is 6.46. The molecule has 1 heterocycles. The summed E-state index contributed by atoms with van der Waals surface area (Å²) < 4.78 is 14.4. The van der Waals surface area contributed by atoms with Gasteiger partial charge in [-0.3, -0.25) is 10.00 Å². The van der Waals surface area contributed by atoms with Crippen molar-refractivity contribution < 1.29 is 14.3 Å². The maximum absolute atomic E-state index is 12.8. The summed E-state index contributed by atoms with van der Waals surface area (Å²) in [5, 5.41) is 19.3. The molecular formula is C14H17FN4O2. The SMILES string of the molecule is CC(NC(=O)Nc1ccn(C)n1)C(O)c1ccc(F)cc1. The predicted octanol–water partition coefficient (Wildman–Crippen LogP) is 1.80. The van der Waals surface area contributed by atoms with Gasteiger partial charge in [-0.25, -0.2) is 9.18 Å². The van der Waals surface area contributed by atoms with E-state index in [1.165, 1.54) is 24.3 Å². The highest BCUT2D eigenvalue weighted by Gasteiger charge is 2.18. The maximum atomic E-state index is 12.8. The minimum absolute atomic E-state index is 0.376. The molecule has 0 saturated heterocycles. The van der Waals surface area contributed by atoms with Crippen LogP contribution in [0, 0.1) is 5.82 Å². The Hall–Kier alpha value is -2.41. The lowest BCUT2D eigenvalue weighted by Crippen LogP contribution is -2.39. The van der Waals surface area contributed by atoms with E-state index in [1.54, 1.807) is 30.9 Å². The molecule has 0 fully saturated rings. The smallest absolute Gasteiger partial charge is 0.320 e. The van der Waals surface area contributed by atoms with Gasteiger partial charge in [0.25, 0.3) is 0 Å². The highest BCUT2D eigenvalue weighted by Crippen LogP contribution is 2.17. The maximum Gasteiger partial charge on any atom is 0.320 e. The first kappa shape index (κ1) is 15.0. The summed E-state index contributed by atoms with van der Waals surface area (Å²) in [6.45, 7) is 1.66. The third-order valence-electron chi connectivity index (χ3n) is 3.00. The molecule has 0 aliphatic rings. The number of aromatic nitrogens is 2. The van der Waals surface area contributed by atoms with Crippen molar-refractivity contribution in [2.45, 2.75) is 19.1 Å². The number of nitrogens with zero attached hydrogens (tertiary/aromatic N) is 2. The van der Waals surface area contributed by atoms with E-state index >= 15 is 0 Å². The summed E-state index contributed by atoms with van der Waals surface area (Å²) in [6.07, 6.45) is 0.770. The fourth-order valence-corrected chi connectivity index (χ4v) is 1.87. The summed E-state index contributed by atoms with van der Waals surface area (Å²) in [4.78, 5) is 11.8. The first-order valence-corrected chi connectivity index (χ1v) is 6.46. The van der Waals surface area contributed by atoms with Crippen molar-refractivity contribution in [3.8, 4) is 0 Å². The van der Waals surface area contributed by atoms with Crippen LogP contribution >= 0.6 is 0 Å². The molecule has 7 heteroatoms. The summed E-state index contributed by atoms with van der Waals surface area (Å²) in [5.74, 6) is 0.0397. The van der Waals surface area contributed by atoms with Gasteiger partial charge < -0.3 is 10.4 Å². The Labute approximate surface area is 121 Å². The number of rotatable bonds is 4. The Morgan fingerprint density at radius 1 is 1.33 bits per heavy atom. The van der Waals surface area contributed by atoms with Crippen molar-refractivity contribution in [1.82, 2.24) is 15.1 Å². The van der Waals surface area contributed by atoms with Crippen LogP contribution in [-0.2, 0) is 7.05 Å². The van der Waals surface area contributed by atoms with Crippen LogP contribution in [-0.4, -0.2) is 27.0 Å². The van der Waals surface area contributed by atoms with Crippen molar-refractivity contribution in [2.75, 3.05) is 5.32 Å². The number of anilines is 1. The minimum Gasteiger partial charge on any atom is -0.386 e. The molecule has 21 heavy (non-hydrogen) atoms. The van der Waals surface area contributed by atoms with Gasteiger partial charge in [0.1, 0.15) is 5.82 Å². The first-order chi connectivity index (χ1) is 9.95. The lowest BCUT2D eigenvalue weighted by atomic mass is 10.0. The molecule has 2 atom stereocenters. The summed E-state index contributed by atoms with van der Waals surface area (Å²) >= 11 is 0. The van der Waals surface area contributed by atoms with Gasteiger partial charge in [-0.05, 0) is 24.6 Å². The van der Waals surface area contributed by atoms with Crippen LogP contribution in [0.5, 0.6) is 0 Å². The zero-order chi connectivity index (χ0) is 15.4. The molecule has 0 aliphatic heterocycles. The van der Waals surface area contributed by atoms with E-state index in [0.29, 0.717) is 11.4 Å². The fourth-order valence-electron chi connectivity index (χ4n) is 1.87. The monoisotopic (exact) mass is 292 g/mol. The van der Waals surface area contributed by atoms with Gasteiger partial charge in [0.2, 0.25) is 0 Å². The molecular weight excluding hydrogens is 275 g/mol. The van der Waals surface area contributed by atoms with E-state index in [1.807, 2.05) is 0 Å². The number of hydrogen-bond donors (Lipinski definition) is 3. The van der Waals surface area contributed by atoms with Crippen LogP contribution in [0.4, 0.5) is 15.0 Å². The van der Waals surface area contributed by atoms with Gasteiger partial charge in [-0.2, -0.15) is 5.10 Å². The number of carbonyl (C=O) groups is 1. The zero-order valence-corrected chi connectivity index (χ0v) is 11.7. The van der Waals surface area contributed by atoms with Gasteiger partial charge in [0.15, 0.2) is 5.82 Å². The quantitative estimate of drug-likeness (QED) is 0.804. The van der Waals surface area contributed by atoms with Crippen LogP contribution in [0.2, 0.25) is 0 Å². The second-order valence-corrected chi connectivity index (χ2v) is 4.76. The van der Waals surface area contributed by atoms with Crippen molar-refractivity contribution in [3.63, 3.8) is 0 Å². The number of aryl methyl sites for hydroxylation is 1. The van der Waals surface area contributed by atoms with Crippen LogP contribution in [0.1, 0.15) is 18.6 Å². The standard InChI is InChI=1S/C14H17FN4O2/c1-9(13(20)10-3-5-11(15)6-4-10)16-14(21)17-12-7-8-19(2)18-12/h3-9,13,20H,1-2H3,(H2,16,17,18,21). The van der Waals surface area contributed by atoms with Crippen molar-refractivity contribution in [1.29, 1.82) is 0 Å². The Kier molecular flexibility index (Phi) is 4.54. The molecule has 3 N–H and O–H groups in total. The molecule has 6 nitrogen and oxygen atoms in total. The number of carbonyl (C=O) groups excluding carboxylic acids is 1. The average molecular weight is 292 g/mol. The van der Waals surface area contributed by atoms with Gasteiger partial charge in [0, 0.05) is 19.3 Å². The number of benzene rings is 1. The molecule has 0 saturated carbocycles. The van der Waals surface area contributed by atoms with E-state index in [9.17, 15) is 14.3 Å². The Morgan fingerprint density at radius 3 is 2.57 bits per heavy atom. The molecule has 2 aromatic rings. The largest absolute Gasteiger partial charge is 0.386 e. The van der Waals surface area contributed by atoms with Gasteiger partial charge in [0.05, 0.1) is 12.1 Å². The predicted molar refractivity (Wildman–Crippen MR) is 76.2 cm³/mol. The molecule has 1 aromatic carbocycles. The summed E-state index contributed by atoms with van der Waals surface area (Å²) in [5.41, 5.74) is 0.530. The molecule has 0 spiro atoms. The van der Waals surface area contributed by atoms with Gasteiger partial charge in [-0.1, -0.05) is 12.1 Å².